The molecule has 0 aliphatic carbocycles. The van der Waals surface area contributed by atoms with E-state index in [9.17, 15) is 21.6 Å². The van der Waals surface area contributed by atoms with Crippen LogP contribution in [-0.2, 0) is 16.2 Å². The second-order valence-corrected chi connectivity index (χ2v) is 8.11. The van der Waals surface area contributed by atoms with Crippen LogP contribution in [0.2, 0.25) is 0 Å². The monoisotopic (exact) mass is 436 g/mol. The van der Waals surface area contributed by atoms with Gasteiger partial charge >= 0.3 is 6.18 Å². The Hall–Kier alpha value is -3.47. The van der Waals surface area contributed by atoms with E-state index in [1.807, 2.05) is 0 Å². The van der Waals surface area contributed by atoms with Gasteiger partial charge in [-0.25, -0.2) is 13.4 Å². The zero-order chi connectivity index (χ0) is 21.5. The van der Waals surface area contributed by atoms with E-state index in [1.165, 1.54) is 18.4 Å². The number of hydrogen-bond donors (Lipinski definition) is 2. The number of rotatable bonds is 4. The van der Waals surface area contributed by atoms with Crippen molar-refractivity contribution in [2.24, 2.45) is 10.7 Å². The Labute approximate surface area is 169 Å². The largest absolute Gasteiger partial charge is 0.446 e. The van der Waals surface area contributed by atoms with Gasteiger partial charge in [-0.3, -0.25) is 4.72 Å². The van der Waals surface area contributed by atoms with Crippen LogP contribution in [0.15, 0.2) is 75.2 Å². The summed E-state index contributed by atoms with van der Waals surface area (Å²) < 4.78 is 70.4. The van der Waals surface area contributed by atoms with Gasteiger partial charge in [-0.2, -0.15) is 13.2 Å². The molecule has 0 unspecified atom stereocenters. The second-order valence-electron chi connectivity index (χ2n) is 6.43. The maximum absolute atomic E-state index is 12.7. The molecule has 1 aliphatic rings. The number of benzene rings is 2. The number of furan rings is 1. The van der Waals surface area contributed by atoms with E-state index in [2.05, 4.69) is 9.71 Å². The molecule has 0 fully saturated rings. The predicted molar refractivity (Wildman–Crippen MR) is 103 cm³/mol. The molecule has 11 heteroatoms. The molecule has 0 radical (unpaired) electrons. The Balaban J connectivity index is 1.53. The Morgan fingerprint density at radius 1 is 1.03 bits per heavy atom. The van der Waals surface area contributed by atoms with E-state index in [0.29, 0.717) is 22.3 Å². The Bertz CT molecular complexity index is 1300. The molecule has 0 saturated heterocycles. The van der Waals surface area contributed by atoms with Crippen molar-refractivity contribution in [2.75, 3.05) is 16.3 Å². The molecular weight excluding hydrogens is 421 g/mol. The second kappa shape index (κ2) is 7.10. The van der Waals surface area contributed by atoms with Gasteiger partial charge < -0.3 is 15.1 Å². The van der Waals surface area contributed by atoms with E-state index < -0.39 is 21.8 Å². The minimum absolute atomic E-state index is 0.239. The lowest BCUT2D eigenvalue weighted by Gasteiger charge is -2.24. The van der Waals surface area contributed by atoms with Crippen molar-refractivity contribution < 1.29 is 26.0 Å². The first-order valence-corrected chi connectivity index (χ1v) is 10.1. The highest BCUT2D eigenvalue weighted by atomic mass is 32.2. The molecule has 2 heterocycles. The van der Waals surface area contributed by atoms with Crippen LogP contribution in [0.4, 0.5) is 24.5 Å². The molecule has 2 aromatic carbocycles. The summed E-state index contributed by atoms with van der Waals surface area (Å²) in [5.41, 5.74) is 6.61. The fraction of sp³-hybridized carbons (Fsp3) is 0.105. The first-order chi connectivity index (χ1) is 14.1. The minimum Gasteiger partial charge on any atom is -0.446 e. The highest BCUT2D eigenvalue weighted by molar-refractivity contribution is 7.92. The molecule has 1 aliphatic heterocycles. The van der Waals surface area contributed by atoms with Crippen molar-refractivity contribution in [3.63, 3.8) is 0 Å². The highest BCUT2D eigenvalue weighted by Gasteiger charge is 2.30. The van der Waals surface area contributed by atoms with Crippen LogP contribution in [0.1, 0.15) is 5.56 Å². The van der Waals surface area contributed by atoms with Gasteiger partial charge in [-0.15, -0.1) is 0 Å². The number of alkyl halides is 3. The van der Waals surface area contributed by atoms with Crippen molar-refractivity contribution in [1.29, 1.82) is 0 Å². The first kappa shape index (κ1) is 19.8. The summed E-state index contributed by atoms with van der Waals surface area (Å²) in [4.78, 5) is 5.72. The summed E-state index contributed by atoms with van der Waals surface area (Å²) in [5.74, 6) is 0.451. The van der Waals surface area contributed by atoms with Gasteiger partial charge in [0.1, 0.15) is 12.5 Å². The zero-order valence-corrected chi connectivity index (χ0v) is 16.0. The maximum Gasteiger partial charge on any atom is 0.416 e. The van der Waals surface area contributed by atoms with Crippen molar-refractivity contribution >= 4 is 27.2 Å². The molecule has 4 rings (SSSR count). The minimum atomic E-state index is -4.54. The lowest BCUT2D eigenvalue weighted by molar-refractivity contribution is -0.137. The van der Waals surface area contributed by atoms with Gasteiger partial charge in [0.15, 0.2) is 0 Å². The smallest absolute Gasteiger partial charge is 0.416 e. The fourth-order valence-electron chi connectivity index (χ4n) is 2.94. The summed E-state index contributed by atoms with van der Waals surface area (Å²) in [7, 11) is -4.05. The lowest BCUT2D eigenvalue weighted by atomic mass is 10.2. The maximum atomic E-state index is 12.7. The van der Waals surface area contributed by atoms with Crippen LogP contribution in [0.3, 0.4) is 0 Å². The Kier molecular flexibility index (Phi) is 4.69. The first-order valence-electron chi connectivity index (χ1n) is 8.61. The lowest BCUT2D eigenvalue weighted by Crippen LogP contribution is -2.42. The zero-order valence-electron chi connectivity index (χ0n) is 15.2. The summed E-state index contributed by atoms with van der Waals surface area (Å²) in [6.07, 6.45) is -3.05. The van der Waals surface area contributed by atoms with Crippen molar-refractivity contribution in [2.45, 2.75) is 11.1 Å². The molecule has 156 valence electrons. The van der Waals surface area contributed by atoms with Gasteiger partial charge in [0.2, 0.25) is 5.55 Å². The third-order valence-electron chi connectivity index (χ3n) is 4.49. The number of nitrogens with zero attached hydrogens (tertiary/aromatic N) is 2. The molecule has 30 heavy (non-hydrogen) atoms. The molecule has 0 amide bonds. The van der Waals surface area contributed by atoms with Gasteiger partial charge in [0.25, 0.3) is 10.0 Å². The van der Waals surface area contributed by atoms with Crippen LogP contribution in [0.5, 0.6) is 0 Å². The van der Waals surface area contributed by atoms with E-state index in [-0.39, 0.29) is 17.3 Å². The van der Waals surface area contributed by atoms with E-state index >= 15 is 0 Å². The normalized spacial score (nSPS) is 14.2. The number of nitrogens with one attached hydrogen (secondary N) is 1. The molecule has 1 aromatic heterocycles. The topological polar surface area (TPSA) is 101 Å². The van der Waals surface area contributed by atoms with E-state index in [1.54, 1.807) is 23.1 Å². The number of halogens is 3. The molecule has 3 N–H and O–H groups in total. The molecule has 0 saturated carbocycles. The quantitative estimate of drug-likeness (QED) is 0.653. The average molecular weight is 436 g/mol. The fourth-order valence-corrected chi connectivity index (χ4v) is 4.00. The van der Waals surface area contributed by atoms with Crippen LogP contribution >= 0.6 is 0 Å². The van der Waals surface area contributed by atoms with Crippen LogP contribution < -0.4 is 26.1 Å². The molecule has 0 bridgehead atoms. The number of fused-ring (bicyclic) bond motifs is 1. The van der Waals surface area contributed by atoms with Gasteiger partial charge in [-0.05, 0) is 54.6 Å². The summed E-state index contributed by atoms with van der Waals surface area (Å²) in [6.45, 7) is 0.239. The third kappa shape index (κ3) is 3.71. The van der Waals surface area contributed by atoms with Crippen LogP contribution in [-0.4, -0.2) is 15.1 Å². The SMILES string of the molecule is NC1=c2ccoc2=NCN1c1ccc(NS(=O)(=O)c2ccc(C(F)(F)F)cc2)cc1. The van der Waals surface area contributed by atoms with Gasteiger partial charge in [0.05, 0.1) is 21.9 Å². The summed E-state index contributed by atoms with van der Waals surface area (Å²) >= 11 is 0. The molecule has 7 nitrogen and oxygen atoms in total. The van der Waals surface area contributed by atoms with Gasteiger partial charge in [0, 0.05) is 11.4 Å². The van der Waals surface area contributed by atoms with E-state index in [0.717, 1.165) is 24.3 Å². The van der Waals surface area contributed by atoms with E-state index in [4.69, 9.17) is 10.2 Å². The van der Waals surface area contributed by atoms with Crippen LogP contribution in [0, 0.1) is 0 Å². The molecule has 3 aromatic rings. The number of hydrogen-bond acceptors (Lipinski definition) is 6. The van der Waals surface area contributed by atoms with Crippen molar-refractivity contribution in [1.82, 2.24) is 0 Å². The summed E-state index contributed by atoms with van der Waals surface area (Å²) in [5, 5.41) is 0.660. The number of sulfonamides is 1. The third-order valence-corrected chi connectivity index (χ3v) is 5.89. The van der Waals surface area contributed by atoms with Crippen LogP contribution in [0.25, 0.3) is 5.82 Å². The number of anilines is 2. The van der Waals surface area contributed by atoms with Crippen molar-refractivity contribution in [3.05, 3.63) is 77.2 Å². The van der Waals surface area contributed by atoms with Gasteiger partial charge in [-0.1, -0.05) is 0 Å². The van der Waals surface area contributed by atoms with Crippen molar-refractivity contribution in [3.8, 4) is 0 Å². The average Bonchev–Trinajstić information content (AvgIpc) is 3.18. The highest BCUT2D eigenvalue weighted by Crippen LogP contribution is 2.30. The molecule has 0 atom stereocenters. The molecular formula is C19H15F3N4O3S. The predicted octanol–water partition coefficient (Wildman–Crippen LogP) is 2.22. The Morgan fingerprint density at radius 3 is 2.33 bits per heavy atom. The standard InChI is InChI=1S/C19H15F3N4O3S/c20-19(21,22)12-1-7-15(8-2-12)30(27,28)25-13-3-5-14(6-4-13)26-11-24-18-16(17(26)23)9-10-29-18/h1-10,25H,11,23H2. The number of nitrogens with two attached hydrogens (primary N) is 1. The molecule has 0 spiro atoms. The Morgan fingerprint density at radius 2 is 1.70 bits per heavy atom. The summed E-state index contributed by atoms with van der Waals surface area (Å²) in [6, 6.07) is 11.3.